The van der Waals surface area contributed by atoms with E-state index < -0.39 is 0 Å². The van der Waals surface area contributed by atoms with E-state index in [4.69, 9.17) is 4.74 Å². The predicted octanol–water partition coefficient (Wildman–Crippen LogP) is 3.53. The van der Waals surface area contributed by atoms with Crippen molar-refractivity contribution in [3.8, 4) is 5.75 Å². The second kappa shape index (κ2) is 7.33. The molecule has 0 unspecified atom stereocenters. The number of aryl methyl sites for hydroxylation is 1. The van der Waals surface area contributed by atoms with Crippen molar-refractivity contribution in [2.24, 2.45) is 5.92 Å². The van der Waals surface area contributed by atoms with Gasteiger partial charge in [-0.05, 0) is 38.3 Å². The van der Waals surface area contributed by atoms with Gasteiger partial charge in [0.15, 0.2) is 0 Å². The van der Waals surface area contributed by atoms with E-state index in [0.29, 0.717) is 0 Å². The van der Waals surface area contributed by atoms with Gasteiger partial charge >= 0.3 is 0 Å². The molecule has 1 N–H and O–H groups in total. The zero-order valence-corrected chi connectivity index (χ0v) is 11.5. The number of benzene rings is 1. The molecule has 0 aliphatic rings. The number of hydrogen-bond acceptors (Lipinski definition) is 2. The van der Waals surface area contributed by atoms with Crippen LogP contribution in [0.3, 0.4) is 0 Å². The van der Waals surface area contributed by atoms with E-state index >= 15 is 0 Å². The maximum atomic E-state index is 5.71. The van der Waals surface area contributed by atoms with Crippen LogP contribution >= 0.6 is 0 Å². The Morgan fingerprint density at radius 3 is 2.71 bits per heavy atom. The molecular formula is C15H25NO. The third kappa shape index (κ3) is 4.78. The van der Waals surface area contributed by atoms with Crippen LogP contribution in [0.1, 0.15) is 38.3 Å². The highest BCUT2D eigenvalue weighted by molar-refractivity contribution is 5.40. The molecule has 0 aromatic heterocycles. The van der Waals surface area contributed by atoms with Crippen LogP contribution in [0.25, 0.3) is 0 Å². The van der Waals surface area contributed by atoms with Crippen LogP contribution < -0.4 is 10.1 Å². The number of nitrogens with one attached hydrogen (secondary N) is 1. The van der Waals surface area contributed by atoms with Gasteiger partial charge in [0, 0.05) is 12.1 Å². The second-order valence-electron chi connectivity index (χ2n) is 4.86. The summed E-state index contributed by atoms with van der Waals surface area (Å²) in [7, 11) is 0. The first-order valence-electron chi connectivity index (χ1n) is 6.57. The van der Waals surface area contributed by atoms with Crippen molar-refractivity contribution in [3.63, 3.8) is 0 Å². The summed E-state index contributed by atoms with van der Waals surface area (Å²) >= 11 is 0. The van der Waals surface area contributed by atoms with Crippen LogP contribution in [0.5, 0.6) is 5.75 Å². The lowest BCUT2D eigenvalue weighted by molar-refractivity contribution is 0.333. The first kappa shape index (κ1) is 14.0. The minimum Gasteiger partial charge on any atom is -0.493 e. The topological polar surface area (TPSA) is 21.3 Å². The summed E-state index contributed by atoms with van der Waals surface area (Å²) in [4.78, 5) is 0. The highest BCUT2D eigenvalue weighted by atomic mass is 16.5. The Morgan fingerprint density at radius 1 is 1.29 bits per heavy atom. The lowest BCUT2D eigenvalue weighted by Crippen LogP contribution is -2.17. The molecule has 0 spiro atoms. The van der Waals surface area contributed by atoms with Crippen molar-refractivity contribution in [1.82, 2.24) is 5.32 Å². The summed E-state index contributed by atoms with van der Waals surface area (Å²) in [6.45, 7) is 11.3. The molecule has 0 atom stereocenters. The number of hydrogen-bond donors (Lipinski definition) is 1. The fourth-order valence-corrected chi connectivity index (χ4v) is 1.82. The average molecular weight is 235 g/mol. The maximum Gasteiger partial charge on any atom is 0.126 e. The molecule has 0 aliphatic carbocycles. The van der Waals surface area contributed by atoms with E-state index in [-0.39, 0.29) is 0 Å². The quantitative estimate of drug-likeness (QED) is 0.730. The van der Waals surface area contributed by atoms with Gasteiger partial charge in [0.25, 0.3) is 0 Å². The van der Waals surface area contributed by atoms with Crippen LogP contribution in [-0.2, 0) is 6.54 Å². The Kier molecular flexibility index (Phi) is 6.06. The zero-order valence-electron chi connectivity index (χ0n) is 11.5. The van der Waals surface area contributed by atoms with Crippen molar-refractivity contribution < 1.29 is 4.74 Å². The number of ether oxygens (including phenoxy) is 1. The van der Waals surface area contributed by atoms with Gasteiger partial charge in [0.05, 0.1) is 6.61 Å². The lowest BCUT2D eigenvalue weighted by atomic mass is 10.1. The molecule has 0 saturated heterocycles. The fourth-order valence-electron chi connectivity index (χ4n) is 1.82. The Labute approximate surface area is 105 Å². The van der Waals surface area contributed by atoms with Gasteiger partial charge in [-0.15, -0.1) is 0 Å². The van der Waals surface area contributed by atoms with Gasteiger partial charge in [-0.3, -0.25) is 0 Å². The minimum absolute atomic E-state index is 0.726. The largest absolute Gasteiger partial charge is 0.493 e. The normalized spacial score (nSPS) is 10.9. The third-order valence-corrected chi connectivity index (χ3v) is 2.80. The van der Waals surface area contributed by atoms with Crippen LogP contribution in [0.2, 0.25) is 0 Å². The van der Waals surface area contributed by atoms with E-state index in [2.05, 4.69) is 44.3 Å². The van der Waals surface area contributed by atoms with E-state index in [1.807, 2.05) is 6.92 Å². The molecule has 0 amide bonds. The smallest absolute Gasteiger partial charge is 0.126 e. The predicted molar refractivity (Wildman–Crippen MR) is 73.5 cm³/mol. The van der Waals surface area contributed by atoms with E-state index in [0.717, 1.165) is 31.4 Å². The monoisotopic (exact) mass is 235 g/mol. The Bertz CT molecular complexity index is 334. The Balaban J connectivity index is 2.54. The van der Waals surface area contributed by atoms with Crippen LogP contribution in [0.15, 0.2) is 18.2 Å². The molecule has 2 heteroatoms. The van der Waals surface area contributed by atoms with Gasteiger partial charge in [0.1, 0.15) is 5.75 Å². The molecule has 0 radical (unpaired) electrons. The average Bonchev–Trinajstić information content (AvgIpc) is 2.28. The van der Waals surface area contributed by atoms with Crippen molar-refractivity contribution >= 4 is 0 Å². The van der Waals surface area contributed by atoms with E-state index in [1.54, 1.807) is 0 Å². The number of rotatable bonds is 7. The molecule has 17 heavy (non-hydrogen) atoms. The van der Waals surface area contributed by atoms with Crippen molar-refractivity contribution in [2.75, 3.05) is 13.2 Å². The molecule has 0 saturated carbocycles. The lowest BCUT2D eigenvalue weighted by Gasteiger charge is -2.14. The summed E-state index contributed by atoms with van der Waals surface area (Å²) < 4.78 is 5.71. The van der Waals surface area contributed by atoms with E-state index in [9.17, 15) is 0 Å². The van der Waals surface area contributed by atoms with Crippen molar-refractivity contribution in [2.45, 2.75) is 40.7 Å². The second-order valence-corrected chi connectivity index (χ2v) is 4.86. The summed E-state index contributed by atoms with van der Waals surface area (Å²) in [5.74, 6) is 1.80. The van der Waals surface area contributed by atoms with Gasteiger partial charge in [-0.2, -0.15) is 0 Å². The summed E-state index contributed by atoms with van der Waals surface area (Å²) in [5.41, 5.74) is 2.48. The molecular weight excluding hydrogens is 210 g/mol. The molecule has 96 valence electrons. The highest BCUT2D eigenvalue weighted by Gasteiger charge is 2.05. The van der Waals surface area contributed by atoms with Crippen LogP contribution in [0, 0.1) is 12.8 Å². The molecule has 1 rings (SSSR count). The molecule has 0 fully saturated rings. The third-order valence-electron chi connectivity index (χ3n) is 2.80. The SMILES string of the molecule is CCOc1c(C)cccc1CNCCC(C)C. The summed E-state index contributed by atoms with van der Waals surface area (Å²) in [6, 6.07) is 6.33. The summed E-state index contributed by atoms with van der Waals surface area (Å²) in [5, 5.41) is 3.48. The first-order valence-corrected chi connectivity index (χ1v) is 6.57. The number of para-hydroxylation sites is 1. The van der Waals surface area contributed by atoms with Gasteiger partial charge in [0.2, 0.25) is 0 Å². The fraction of sp³-hybridized carbons (Fsp3) is 0.600. The first-order chi connectivity index (χ1) is 8.15. The maximum absolute atomic E-state index is 5.71. The molecule has 0 heterocycles. The van der Waals surface area contributed by atoms with Gasteiger partial charge in [-0.25, -0.2) is 0 Å². The zero-order chi connectivity index (χ0) is 12.7. The van der Waals surface area contributed by atoms with Crippen molar-refractivity contribution in [1.29, 1.82) is 0 Å². The van der Waals surface area contributed by atoms with Crippen molar-refractivity contribution in [3.05, 3.63) is 29.3 Å². The summed E-state index contributed by atoms with van der Waals surface area (Å²) in [6.07, 6.45) is 1.22. The molecule has 2 nitrogen and oxygen atoms in total. The molecule has 1 aromatic rings. The van der Waals surface area contributed by atoms with Gasteiger partial charge in [-0.1, -0.05) is 32.0 Å². The van der Waals surface area contributed by atoms with Gasteiger partial charge < -0.3 is 10.1 Å². The minimum atomic E-state index is 0.726. The standard InChI is InChI=1S/C15H25NO/c1-5-17-15-13(4)7-6-8-14(15)11-16-10-9-12(2)3/h6-8,12,16H,5,9-11H2,1-4H3. The van der Waals surface area contributed by atoms with Crippen LogP contribution in [0.4, 0.5) is 0 Å². The van der Waals surface area contributed by atoms with Crippen LogP contribution in [-0.4, -0.2) is 13.2 Å². The molecule has 1 aromatic carbocycles. The Hall–Kier alpha value is -1.02. The molecule has 0 aliphatic heterocycles. The molecule has 0 bridgehead atoms. The highest BCUT2D eigenvalue weighted by Crippen LogP contribution is 2.23. The van der Waals surface area contributed by atoms with E-state index in [1.165, 1.54) is 17.5 Å². The Morgan fingerprint density at radius 2 is 2.06 bits per heavy atom.